The summed E-state index contributed by atoms with van der Waals surface area (Å²) in [6.45, 7) is 1.80. The van der Waals surface area contributed by atoms with Crippen LogP contribution in [-0.2, 0) is 7.05 Å². The third-order valence-corrected chi connectivity index (χ3v) is 4.79. The van der Waals surface area contributed by atoms with E-state index in [1.807, 2.05) is 30.3 Å². The van der Waals surface area contributed by atoms with Gasteiger partial charge in [0.15, 0.2) is 11.6 Å². The lowest BCUT2D eigenvalue weighted by Crippen LogP contribution is -2.20. The van der Waals surface area contributed by atoms with Gasteiger partial charge in [0.2, 0.25) is 0 Å². The topological polar surface area (TPSA) is 61.1 Å². The molecule has 1 heterocycles. The fraction of sp³-hybridized carbons (Fsp3) is 0.0952. The van der Waals surface area contributed by atoms with Crippen LogP contribution in [0.25, 0.3) is 11.8 Å². The third kappa shape index (κ3) is 2.21. The Morgan fingerprint density at radius 2 is 1.35 bits per heavy atom. The quantitative estimate of drug-likeness (QED) is 0.530. The van der Waals surface area contributed by atoms with E-state index < -0.39 is 0 Å². The molecule has 2 aromatic carbocycles. The molecule has 5 heteroatoms. The highest BCUT2D eigenvalue weighted by molar-refractivity contribution is 6.41. The molecule has 0 fully saturated rings. The fourth-order valence-corrected chi connectivity index (χ4v) is 3.30. The van der Waals surface area contributed by atoms with E-state index in [0.29, 0.717) is 22.4 Å². The molecular weight excluding hydrogens is 328 g/mol. The summed E-state index contributed by atoms with van der Waals surface area (Å²) in [6.07, 6.45) is 1.43. The van der Waals surface area contributed by atoms with Crippen molar-refractivity contribution in [2.24, 2.45) is 7.05 Å². The highest BCUT2D eigenvalue weighted by Gasteiger charge is 2.33. The smallest absolute Gasteiger partial charge is 0.278 e. The van der Waals surface area contributed by atoms with Crippen molar-refractivity contribution >= 4 is 17.6 Å². The average molecular weight is 344 g/mol. The lowest BCUT2D eigenvalue weighted by Gasteiger charge is -2.07. The molecule has 4 rings (SSSR count). The molecule has 1 aliphatic carbocycles. The van der Waals surface area contributed by atoms with Crippen LogP contribution in [0.1, 0.15) is 32.0 Å². The Bertz CT molecular complexity index is 1110. The van der Waals surface area contributed by atoms with Crippen molar-refractivity contribution in [2.45, 2.75) is 6.92 Å². The van der Waals surface area contributed by atoms with Gasteiger partial charge < -0.3 is 0 Å². The van der Waals surface area contributed by atoms with E-state index in [0.717, 1.165) is 5.69 Å². The number of hydrogen-bond donors (Lipinski definition) is 0. The molecule has 1 aliphatic rings. The minimum absolute atomic E-state index is 0.0391. The van der Waals surface area contributed by atoms with Gasteiger partial charge in [-0.25, -0.2) is 4.68 Å². The van der Waals surface area contributed by atoms with E-state index in [4.69, 9.17) is 0 Å². The van der Waals surface area contributed by atoms with Crippen molar-refractivity contribution in [3.8, 4) is 5.69 Å². The molecule has 0 atom stereocenters. The number of carbonyl (C=O) groups excluding carboxylic acids is 2. The number of carbonyl (C=O) groups is 2. The van der Waals surface area contributed by atoms with E-state index in [1.165, 1.54) is 10.8 Å². The predicted octanol–water partition coefficient (Wildman–Crippen LogP) is 2.95. The van der Waals surface area contributed by atoms with E-state index >= 15 is 0 Å². The molecule has 3 aromatic rings. The Labute approximate surface area is 149 Å². The third-order valence-electron chi connectivity index (χ3n) is 4.79. The number of Topliss-reactive ketones (excluding diaryl/α,β-unsaturated/α-hetero) is 2. The van der Waals surface area contributed by atoms with E-state index in [-0.39, 0.29) is 22.7 Å². The number of para-hydroxylation sites is 1. The first-order valence-electron chi connectivity index (χ1n) is 8.25. The lowest BCUT2D eigenvalue weighted by molar-refractivity contribution is 0.0990. The summed E-state index contributed by atoms with van der Waals surface area (Å²) in [5.41, 5.74) is 2.31. The average Bonchev–Trinajstić information content (AvgIpc) is 3.03. The molecule has 0 spiro atoms. The number of ketones is 2. The van der Waals surface area contributed by atoms with E-state index in [2.05, 4.69) is 0 Å². The van der Waals surface area contributed by atoms with Gasteiger partial charge >= 0.3 is 0 Å². The minimum atomic E-state index is -0.334. The first kappa shape index (κ1) is 16.0. The number of aromatic nitrogens is 2. The Hall–Kier alpha value is -3.47. The first-order valence-corrected chi connectivity index (χ1v) is 8.25. The molecule has 0 aliphatic heterocycles. The zero-order valence-corrected chi connectivity index (χ0v) is 14.4. The molecule has 26 heavy (non-hydrogen) atoms. The number of hydrogen-bond acceptors (Lipinski definition) is 3. The molecule has 0 radical (unpaired) electrons. The highest BCUT2D eigenvalue weighted by atomic mass is 16.2. The van der Waals surface area contributed by atoms with Crippen LogP contribution >= 0.6 is 0 Å². The molecule has 0 saturated heterocycles. The lowest BCUT2D eigenvalue weighted by atomic mass is 10.1. The molecule has 5 nitrogen and oxygen atoms in total. The number of fused-ring (bicyclic) bond motifs is 1. The molecule has 0 amide bonds. The van der Waals surface area contributed by atoms with Gasteiger partial charge in [-0.1, -0.05) is 42.5 Å². The summed E-state index contributed by atoms with van der Waals surface area (Å²) in [7, 11) is 1.78. The van der Waals surface area contributed by atoms with Crippen molar-refractivity contribution in [1.29, 1.82) is 0 Å². The summed E-state index contributed by atoms with van der Waals surface area (Å²) in [5.74, 6) is -0.668. The largest absolute Gasteiger partial charge is 0.288 e. The second-order valence-corrected chi connectivity index (χ2v) is 6.24. The van der Waals surface area contributed by atoms with Crippen LogP contribution < -0.4 is 5.56 Å². The SMILES string of the molecule is Cc1c(C=C2C(=O)c3ccccc3C2=O)c(=O)n(-c2ccccc2)n1C. The van der Waals surface area contributed by atoms with E-state index in [9.17, 15) is 14.4 Å². The second kappa shape index (κ2) is 5.81. The zero-order valence-electron chi connectivity index (χ0n) is 14.4. The van der Waals surface area contributed by atoms with Gasteiger partial charge in [-0.15, -0.1) is 0 Å². The predicted molar refractivity (Wildman–Crippen MR) is 98.8 cm³/mol. The summed E-state index contributed by atoms with van der Waals surface area (Å²) < 4.78 is 3.25. The molecule has 1 aromatic heterocycles. The Kier molecular flexibility index (Phi) is 3.58. The van der Waals surface area contributed by atoms with Gasteiger partial charge in [0.1, 0.15) is 0 Å². The summed E-state index contributed by atoms with van der Waals surface area (Å²) in [6, 6.07) is 16.0. The highest BCUT2D eigenvalue weighted by Crippen LogP contribution is 2.27. The molecule has 128 valence electrons. The van der Waals surface area contributed by atoms with Crippen molar-refractivity contribution in [2.75, 3.05) is 0 Å². The number of benzene rings is 2. The van der Waals surface area contributed by atoms with Gasteiger partial charge in [-0.3, -0.25) is 19.1 Å². The number of nitrogens with zero attached hydrogens (tertiary/aromatic N) is 2. The monoisotopic (exact) mass is 344 g/mol. The molecular formula is C21H16N2O3. The van der Waals surface area contributed by atoms with Crippen LogP contribution in [0.3, 0.4) is 0 Å². The maximum Gasteiger partial charge on any atom is 0.278 e. The Morgan fingerprint density at radius 1 is 0.808 bits per heavy atom. The van der Waals surface area contributed by atoms with Crippen LogP contribution in [-0.4, -0.2) is 20.9 Å². The van der Waals surface area contributed by atoms with Crippen molar-refractivity contribution in [3.63, 3.8) is 0 Å². The molecule has 0 N–H and O–H groups in total. The zero-order chi connectivity index (χ0) is 18.4. The van der Waals surface area contributed by atoms with Crippen LogP contribution in [0.4, 0.5) is 0 Å². The van der Waals surface area contributed by atoms with Gasteiger partial charge in [-0.2, -0.15) is 0 Å². The Balaban J connectivity index is 1.89. The van der Waals surface area contributed by atoms with Crippen LogP contribution in [0.15, 0.2) is 65.0 Å². The van der Waals surface area contributed by atoms with Gasteiger partial charge in [-0.05, 0) is 25.1 Å². The molecule has 0 saturated carbocycles. The van der Waals surface area contributed by atoms with Gasteiger partial charge in [0.25, 0.3) is 5.56 Å². The molecule has 0 bridgehead atoms. The first-order chi connectivity index (χ1) is 12.5. The van der Waals surface area contributed by atoms with Gasteiger partial charge in [0.05, 0.1) is 16.8 Å². The van der Waals surface area contributed by atoms with Crippen LogP contribution in [0.5, 0.6) is 0 Å². The number of rotatable bonds is 2. The maximum atomic E-state index is 13.0. The van der Waals surface area contributed by atoms with Crippen LogP contribution in [0, 0.1) is 6.92 Å². The summed E-state index contributed by atoms with van der Waals surface area (Å²) in [5, 5.41) is 0. The fourth-order valence-electron chi connectivity index (χ4n) is 3.30. The second-order valence-electron chi connectivity index (χ2n) is 6.24. The minimum Gasteiger partial charge on any atom is -0.288 e. The standard InChI is InChI=1S/C21H16N2O3/c1-13-17(21(26)23(22(13)2)14-8-4-3-5-9-14)12-18-19(24)15-10-6-7-11-16(15)20(18)25/h3-12H,1-2H3. The van der Waals surface area contributed by atoms with Crippen molar-refractivity contribution in [3.05, 3.63) is 92.9 Å². The number of allylic oxidation sites excluding steroid dienone is 1. The van der Waals surface area contributed by atoms with Crippen LogP contribution in [0.2, 0.25) is 0 Å². The molecule has 0 unspecified atom stereocenters. The summed E-state index contributed by atoms with van der Waals surface area (Å²) >= 11 is 0. The van der Waals surface area contributed by atoms with Crippen molar-refractivity contribution < 1.29 is 9.59 Å². The maximum absolute atomic E-state index is 13.0. The van der Waals surface area contributed by atoms with Gasteiger partial charge in [0, 0.05) is 23.9 Å². The van der Waals surface area contributed by atoms with E-state index in [1.54, 1.807) is 42.9 Å². The van der Waals surface area contributed by atoms with Crippen molar-refractivity contribution in [1.82, 2.24) is 9.36 Å². The Morgan fingerprint density at radius 3 is 1.92 bits per heavy atom. The normalized spacial score (nSPS) is 13.2. The summed E-state index contributed by atoms with van der Waals surface area (Å²) in [4.78, 5) is 38.1.